The lowest BCUT2D eigenvalue weighted by molar-refractivity contribution is -0.119. The number of Topliss-reactive ketones (excluding diaryl/α,β-unsaturated/α-hetero) is 1. The Kier molecular flexibility index (Phi) is 4.30. The number of carbonyl (C=O) groups excluding carboxylic acids is 4. The Morgan fingerprint density at radius 3 is 2.60 bits per heavy atom. The Hall–Kier alpha value is -3.48. The van der Waals surface area contributed by atoms with Crippen molar-refractivity contribution in [3.05, 3.63) is 59.2 Å². The van der Waals surface area contributed by atoms with Crippen LogP contribution in [0.4, 0.5) is 0 Å². The molecule has 2 aromatic carbocycles. The first kappa shape index (κ1) is 16.4. The molecule has 0 bridgehead atoms. The standard InChI is InChI=1S/C18H14N2O5/c1-10(21)19-9-11-4-2-5-12(8-11)25-14-7-3-6-13-15(14)17(23)20-18(24)16(13)22/h2-8H,9H2,1H3,(H,19,21)(H,20,23,24). The summed E-state index contributed by atoms with van der Waals surface area (Å²) in [7, 11) is 0. The van der Waals surface area contributed by atoms with Crippen molar-refractivity contribution in [2.24, 2.45) is 0 Å². The fourth-order valence-corrected chi connectivity index (χ4v) is 2.46. The third-order valence-electron chi connectivity index (χ3n) is 3.60. The Morgan fingerprint density at radius 1 is 1.08 bits per heavy atom. The molecule has 0 aromatic heterocycles. The number of hydrogen-bond acceptors (Lipinski definition) is 5. The van der Waals surface area contributed by atoms with Crippen molar-refractivity contribution in [2.75, 3.05) is 0 Å². The van der Waals surface area contributed by atoms with E-state index in [1.165, 1.54) is 13.0 Å². The Labute approximate surface area is 143 Å². The first-order valence-electron chi connectivity index (χ1n) is 7.50. The van der Waals surface area contributed by atoms with Gasteiger partial charge in [0.05, 0.1) is 5.56 Å². The Morgan fingerprint density at radius 2 is 1.84 bits per heavy atom. The van der Waals surface area contributed by atoms with Gasteiger partial charge in [0, 0.05) is 19.0 Å². The second-order valence-electron chi connectivity index (χ2n) is 5.45. The molecule has 3 rings (SSSR count). The second kappa shape index (κ2) is 6.56. The average molecular weight is 338 g/mol. The van der Waals surface area contributed by atoms with Crippen LogP contribution in [0.2, 0.25) is 0 Å². The van der Waals surface area contributed by atoms with E-state index in [2.05, 4.69) is 5.32 Å². The highest BCUT2D eigenvalue weighted by atomic mass is 16.5. The van der Waals surface area contributed by atoms with Gasteiger partial charge in [-0.25, -0.2) is 0 Å². The molecule has 7 heteroatoms. The third-order valence-corrected chi connectivity index (χ3v) is 3.60. The highest BCUT2D eigenvalue weighted by Gasteiger charge is 2.33. The van der Waals surface area contributed by atoms with Crippen LogP contribution < -0.4 is 15.4 Å². The molecule has 1 aliphatic heterocycles. The van der Waals surface area contributed by atoms with Crippen LogP contribution in [-0.2, 0) is 16.1 Å². The molecular weight excluding hydrogens is 324 g/mol. The molecule has 3 amide bonds. The molecule has 0 fully saturated rings. The van der Waals surface area contributed by atoms with Crippen molar-refractivity contribution in [3.8, 4) is 11.5 Å². The summed E-state index contributed by atoms with van der Waals surface area (Å²) in [6.45, 7) is 1.76. The van der Waals surface area contributed by atoms with Crippen molar-refractivity contribution in [3.63, 3.8) is 0 Å². The molecule has 126 valence electrons. The predicted octanol–water partition coefficient (Wildman–Crippen LogP) is 1.57. The number of carbonyl (C=O) groups is 4. The molecule has 0 saturated carbocycles. The van der Waals surface area contributed by atoms with Gasteiger partial charge < -0.3 is 10.1 Å². The highest BCUT2D eigenvalue weighted by molar-refractivity contribution is 6.49. The first-order chi connectivity index (χ1) is 12.0. The third kappa shape index (κ3) is 3.40. The lowest BCUT2D eigenvalue weighted by Gasteiger charge is -2.17. The maximum absolute atomic E-state index is 12.1. The summed E-state index contributed by atoms with van der Waals surface area (Å²) in [6, 6.07) is 11.5. The molecule has 0 spiro atoms. The minimum absolute atomic E-state index is 0.0145. The van der Waals surface area contributed by atoms with Gasteiger partial charge in [-0.15, -0.1) is 0 Å². The van der Waals surface area contributed by atoms with Gasteiger partial charge >= 0.3 is 0 Å². The number of amides is 3. The molecule has 0 aliphatic carbocycles. The normalized spacial score (nSPS) is 13.1. The quantitative estimate of drug-likeness (QED) is 0.651. The van der Waals surface area contributed by atoms with Crippen LogP contribution >= 0.6 is 0 Å². The lowest BCUT2D eigenvalue weighted by Crippen LogP contribution is -2.42. The van der Waals surface area contributed by atoms with Gasteiger partial charge in [-0.2, -0.15) is 0 Å². The number of benzene rings is 2. The topological polar surface area (TPSA) is 102 Å². The van der Waals surface area contributed by atoms with Crippen molar-refractivity contribution in [2.45, 2.75) is 13.5 Å². The Balaban J connectivity index is 1.91. The lowest BCUT2D eigenvalue weighted by atomic mass is 9.98. The SMILES string of the molecule is CC(=O)NCc1cccc(Oc2cccc3c2C(=O)NC(=O)C3=O)c1. The van der Waals surface area contributed by atoms with Gasteiger partial charge in [0.2, 0.25) is 5.91 Å². The average Bonchev–Trinajstić information content (AvgIpc) is 2.58. The van der Waals surface area contributed by atoms with E-state index in [0.29, 0.717) is 12.3 Å². The molecule has 2 N–H and O–H groups in total. The van der Waals surface area contributed by atoms with E-state index in [1.807, 2.05) is 11.4 Å². The zero-order chi connectivity index (χ0) is 18.0. The van der Waals surface area contributed by atoms with Gasteiger partial charge in [-0.1, -0.05) is 18.2 Å². The molecule has 0 radical (unpaired) electrons. The fourth-order valence-electron chi connectivity index (χ4n) is 2.46. The van der Waals surface area contributed by atoms with E-state index in [4.69, 9.17) is 4.74 Å². The van der Waals surface area contributed by atoms with Gasteiger partial charge in [-0.05, 0) is 29.8 Å². The molecule has 7 nitrogen and oxygen atoms in total. The number of rotatable bonds is 4. The van der Waals surface area contributed by atoms with Crippen LogP contribution in [0.25, 0.3) is 0 Å². The van der Waals surface area contributed by atoms with E-state index in [1.54, 1.807) is 30.3 Å². The first-order valence-corrected chi connectivity index (χ1v) is 7.50. The number of imide groups is 1. The number of ketones is 1. The van der Waals surface area contributed by atoms with Crippen LogP contribution in [0, 0.1) is 0 Å². The number of hydrogen-bond donors (Lipinski definition) is 2. The molecular formula is C18H14N2O5. The Bertz CT molecular complexity index is 904. The van der Waals surface area contributed by atoms with E-state index in [0.717, 1.165) is 5.56 Å². The highest BCUT2D eigenvalue weighted by Crippen LogP contribution is 2.30. The molecule has 0 atom stereocenters. The van der Waals surface area contributed by atoms with Crippen LogP contribution in [-0.4, -0.2) is 23.5 Å². The molecule has 1 heterocycles. The van der Waals surface area contributed by atoms with Crippen molar-refractivity contribution in [1.82, 2.24) is 10.6 Å². The molecule has 25 heavy (non-hydrogen) atoms. The summed E-state index contributed by atoms with van der Waals surface area (Å²) in [5.41, 5.74) is 0.855. The number of nitrogens with one attached hydrogen (secondary N) is 2. The van der Waals surface area contributed by atoms with E-state index < -0.39 is 17.6 Å². The monoisotopic (exact) mass is 338 g/mol. The van der Waals surface area contributed by atoms with Crippen molar-refractivity contribution < 1.29 is 23.9 Å². The summed E-state index contributed by atoms with van der Waals surface area (Å²) in [5, 5.41) is 4.68. The molecule has 1 aliphatic rings. The maximum Gasteiger partial charge on any atom is 0.299 e. The largest absolute Gasteiger partial charge is 0.456 e. The van der Waals surface area contributed by atoms with Crippen LogP contribution in [0.5, 0.6) is 11.5 Å². The summed E-state index contributed by atoms with van der Waals surface area (Å²) >= 11 is 0. The van der Waals surface area contributed by atoms with Gasteiger partial charge in [0.1, 0.15) is 11.5 Å². The van der Waals surface area contributed by atoms with E-state index >= 15 is 0 Å². The predicted molar refractivity (Wildman–Crippen MR) is 87.3 cm³/mol. The molecule has 0 unspecified atom stereocenters. The van der Waals surface area contributed by atoms with Gasteiger partial charge in [0.25, 0.3) is 17.6 Å². The molecule has 2 aromatic rings. The second-order valence-corrected chi connectivity index (χ2v) is 5.45. The van der Waals surface area contributed by atoms with Crippen molar-refractivity contribution >= 4 is 23.5 Å². The minimum atomic E-state index is -0.952. The number of fused-ring (bicyclic) bond motifs is 1. The zero-order valence-electron chi connectivity index (χ0n) is 13.3. The van der Waals surface area contributed by atoms with Crippen molar-refractivity contribution in [1.29, 1.82) is 0 Å². The van der Waals surface area contributed by atoms with Crippen LogP contribution in [0.3, 0.4) is 0 Å². The summed E-state index contributed by atoms with van der Waals surface area (Å²) in [6.07, 6.45) is 0. The van der Waals surface area contributed by atoms with Crippen LogP contribution in [0.15, 0.2) is 42.5 Å². The van der Waals surface area contributed by atoms with E-state index in [9.17, 15) is 19.2 Å². The maximum atomic E-state index is 12.1. The van der Waals surface area contributed by atoms with Gasteiger partial charge in [-0.3, -0.25) is 24.5 Å². The minimum Gasteiger partial charge on any atom is -0.456 e. The summed E-state index contributed by atoms with van der Waals surface area (Å²) in [5.74, 6) is -1.94. The summed E-state index contributed by atoms with van der Waals surface area (Å²) < 4.78 is 5.74. The number of ether oxygens (including phenoxy) is 1. The fraction of sp³-hybridized carbons (Fsp3) is 0.111. The van der Waals surface area contributed by atoms with Gasteiger partial charge in [0.15, 0.2) is 0 Å². The van der Waals surface area contributed by atoms with Crippen LogP contribution in [0.1, 0.15) is 33.2 Å². The molecule has 0 saturated heterocycles. The summed E-state index contributed by atoms with van der Waals surface area (Å²) in [4.78, 5) is 46.4. The zero-order valence-corrected chi connectivity index (χ0v) is 13.3. The smallest absolute Gasteiger partial charge is 0.299 e. The van der Waals surface area contributed by atoms with E-state index in [-0.39, 0.29) is 22.8 Å².